The van der Waals surface area contributed by atoms with Crippen molar-refractivity contribution in [2.24, 2.45) is 0 Å². The van der Waals surface area contributed by atoms with Gasteiger partial charge >= 0.3 is 0 Å². The highest BCUT2D eigenvalue weighted by molar-refractivity contribution is 7.26. The van der Waals surface area contributed by atoms with Gasteiger partial charge in [0.2, 0.25) is 5.91 Å². The Hall–Kier alpha value is -2.29. The molecule has 1 saturated heterocycles. The second-order valence-electron chi connectivity index (χ2n) is 8.00. The number of thiophene rings is 1. The smallest absolute Gasteiger partial charge is 0.276 e. The number of carbonyl (C=O) groups excluding carboxylic acids is 1. The number of likely N-dealkylation sites (N-methyl/N-ethyl adjacent to an activating group) is 1. The van der Waals surface area contributed by atoms with Crippen molar-refractivity contribution in [3.63, 3.8) is 0 Å². The van der Waals surface area contributed by atoms with Gasteiger partial charge in [-0.3, -0.25) is 14.5 Å². The number of amides is 1. The Morgan fingerprint density at radius 2 is 1.97 bits per heavy atom. The molecule has 1 fully saturated rings. The van der Waals surface area contributed by atoms with E-state index in [0.717, 1.165) is 53.2 Å². The van der Waals surface area contributed by atoms with Crippen molar-refractivity contribution < 1.29 is 4.79 Å². The van der Waals surface area contributed by atoms with Crippen LogP contribution in [0.3, 0.4) is 0 Å². The zero-order valence-electron chi connectivity index (χ0n) is 17.9. The monoisotopic (exact) mass is 427 g/mol. The van der Waals surface area contributed by atoms with Crippen molar-refractivity contribution in [2.45, 2.75) is 26.3 Å². The lowest BCUT2D eigenvalue weighted by Gasteiger charge is -2.32. The van der Waals surface area contributed by atoms with Gasteiger partial charge in [0.1, 0.15) is 6.04 Å². The van der Waals surface area contributed by atoms with Crippen molar-refractivity contribution in [3.05, 3.63) is 40.3 Å². The standard InChI is InChI=1S/C22H29N5O2S/c1-4-17(21(28)23-9-10-26-13-11-25(3)12-14-26)27-22(29)19-16-7-5-6-8-18(16)30-20(19)15(2)24-27/h5-8,17H,4,9-14H2,1-3H3,(H,23,28)/t17-/m0/s1. The minimum atomic E-state index is -0.605. The number of aromatic nitrogens is 2. The largest absolute Gasteiger partial charge is 0.353 e. The highest BCUT2D eigenvalue weighted by atomic mass is 32.1. The molecular formula is C22H29N5O2S. The Morgan fingerprint density at radius 3 is 2.70 bits per heavy atom. The average molecular weight is 428 g/mol. The van der Waals surface area contributed by atoms with Gasteiger partial charge in [0, 0.05) is 49.4 Å². The molecule has 0 bridgehead atoms. The summed E-state index contributed by atoms with van der Waals surface area (Å²) in [4.78, 5) is 30.9. The Morgan fingerprint density at radius 1 is 1.23 bits per heavy atom. The normalized spacial score (nSPS) is 16.9. The fraction of sp³-hybridized carbons (Fsp3) is 0.500. The van der Waals surface area contributed by atoms with E-state index in [1.165, 1.54) is 4.68 Å². The molecule has 1 amide bonds. The molecule has 1 atom stereocenters. The lowest BCUT2D eigenvalue weighted by Crippen LogP contribution is -2.47. The van der Waals surface area contributed by atoms with E-state index in [9.17, 15) is 9.59 Å². The molecule has 3 aromatic rings. The van der Waals surface area contributed by atoms with Crippen LogP contribution < -0.4 is 10.9 Å². The summed E-state index contributed by atoms with van der Waals surface area (Å²) in [5.74, 6) is -0.139. The first-order valence-electron chi connectivity index (χ1n) is 10.6. The predicted molar refractivity (Wildman–Crippen MR) is 122 cm³/mol. The molecule has 3 heterocycles. The Balaban J connectivity index is 1.55. The maximum atomic E-state index is 13.3. The summed E-state index contributed by atoms with van der Waals surface area (Å²) in [6.07, 6.45) is 0.514. The fourth-order valence-electron chi connectivity index (χ4n) is 4.09. The van der Waals surface area contributed by atoms with E-state index in [1.807, 2.05) is 38.1 Å². The van der Waals surface area contributed by atoms with Crippen molar-refractivity contribution in [1.82, 2.24) is 24.9 Å². The number of benzene rings is 1. The summed E-state index contributed by atoms with van der Waals surface area (Å²) in [7, 11) is 2.13. The molecule has 30 heavy (non-hydrogen) atoms. The number of fused-ring (bicyclic) bond motifs is 3. The van der Waals surface area contributed by atoms with Crippen LogP contribution in [0.1, 0.15) is 25.1 Å². The topological polar surface area (TPSA) is 70.5 Å². The second-order valence-corrected chi connectivity index (χ2v) is 9.05. The van der Waals surface area contributed by atoms with E-state index in [-0.39, 0.29) is 11.5 Å². The summed E-state index contributed by atoms with van der Waals surface area (Å²) in [6, 6.07) is 7.30. The second kappa shape index (κ2) is 8.83. The zero-order valence-corrected chi connectivity index (χ0v) is 18.7. The number of carbonyl (C=O) groups is 1. The van der Waals surface area contributed by atoms with Crippen molar-refractivity contribution in [2.75, 3.05) is 46.3 Å². The summed E-state index contributed by atoms with van der Waals surface area (Å²) >= 11 is 1.58. The van der Waals surface area contributed by atoms with Crippen molar-refractivity contribution in [3.8, 4) is 0 Å². The van der Waals surface area contributed by atoms with E-state index in [4.69, 9.17) is 0 Å². The van der Waals surface area contributed by atoms with Crippen LogP contribution in [0.5, 0.6) is 0 Å². The first kappa shape index (κ1) is 21.0. The van der Waals surface area contributed by atoms with Gasteiger partial charge in [0.05, 0.1) is 15.8 Å². The molecule has 160 valence electrons. The van der Waals surface area contributed by atoms with Crippen LogP contribution in [0.25, 0.3) is 20.2 Å². The quantitative estimate of drug-likeness (QED) is 0.653. The predicted octanol–water partition coefficient (Wildman–Crippen LogP) is 2.23. The molecule has 7 nitrogen and oxygen atoms in total. The molecule has 2 aromatic heterocycles. The number of hydrogen-bond acceptors (Lipinski definition) is 6. The van der Waals surface area contributed by atoms with Gasteiger partial charge in [-0.05, 0) is 26.5 Å². The lowest BCUT2D eigenvalue weighted by atomic mass is 10.1. The molecule has 0 radical (unpaired) electrons. The van der Waals surface area contributed by atoms with Gasteiger partial charge in [-0.15, -0.1) is 11.3 Å². The zero-order chi connectivity index (χ0) is 21.3. The van der Waals surface area contributed by atoms with Crippen LogP contribution in [-0.4, -0.2) is 71.8 Å². The van der Waals surface area contributed by atoms with Gasteiger partial charge < -0.3 is 10.2 Å². The first-order valence-corrected chi connectivity index (χ1v) is 11.4. The van der Waals surface area contributed by atoms with Crippen molar-refractivity contribution >= 4 is 37.4 Å². The minimum absolute atomic E-state index is 0.139. The Kier molecular flexibility index (Phi) is 6.17. The fourth-order valence-corrected chi connectivity index (χ4v) is 5.22. The maximum Gasteiger partial charge on any atom is 0.276 e. The molecule has 0 unspecified atom stereocenters. The number of rotatable bonds is 6. The van der Waals surface area contributed by atoms with E-state index in [2.05, 4.69) is 27.3 Å². The van der Waals surface area contributed by atoms with Crippen LogP contribution >= 0.6 is 11.3 Å². The number of hydrogen-bond donors (Lipinski definition) is 1. The van der Waals surface area contributed by atoms with E-state index >= 15 is 0 Å². The van der Waals surface area contributed by atoms with Gasteiger partial charge in [-0.25, -0.2) is 4.68 Å². The molecular weight excluding hydrogens is 398 g/mol. The van der Waals surface area contributed by atoms with Gasteiger partial charge in [0.25, 0.3) is 5.56 Å². The molecule has 0 saturated carbocycles. The number of nitrogens with one attached hydrogen (secondary N) is 1. The van der Waals surface area contributed by atoms with E-state index in [1.54, 1.807) is 11.3 Å². The SMILES string of the molecule is CC[C@@H](C(=O)NCCN1CCN(C)CC1)n1nc(C)c2sc3ccccc3c2c1=O. The summed E-state index contributed by atoms with van der Waals surface area (Å²) < 4.78 is 3.36. The molecule has 1 aromatic carbocycles. The number of nitrogens with zero attached hydrogens (tertiary/aromatic N) is 4. The number of aryl methyl sites for hydroxylation is 1. The third-order valence-corrected chi connectivity index (χ3v) is 7.19. The highest BCUT2D eigenvalue weighted by Gasteiger charge is 2.24. The molecule has 0 aliphatic carbocycles. The van der Waals surface area contributed by atoms with Crippen LogP contribution in [0, 0.1) is 6.92 Å². The van der Waals surface area contributed by atoms with E-state index < -0.39 is 6.04 Å². The molecule has 1 aliphatic rings. The van der Waals surface area contributed by atoms with Crippen LogP contribution in [0.2, 0.25) is 0 Å². The van der Waals surface area contributed by atoms with Gasteiger partial charge in [-0.2, -0.15) is 5.10 Å². The number of piperazine rings is 1. The van der Waals surface area contributed by atoms with Crippen molar-refractivity contribution in [1.29, 1.82) is 0 Å². The lowest BCUT2D eigenvalue weighted by molar-refractivity contribution is -0.124. The Labute approximate surface area is 180 Å². The first-order chi connectivity index (χ1) is 14.5. The molecule has 1 aliphatic heterocycles. The Bertz CT molecular complexity index is 1110. The maximum absolute atomic E-state index is 13.3. The minimum Gasteiger partial charge on any atom is -0.353 e. The van der Waals surface area contributed by atoms with Crippen LogP contribution in [0.15, 0.2) is 29.1 Å². The van der Waals surface area contributed by atoms with Gasteiger partial charge in [0.15, 0.2) is 0 Å². The van der Waals surface area contributed by atoms with Crippen LogP contribution in [0.4, 0.5) is 0 Å². The highest BCUT2D eigenvalue weighted by Crippen LogP contribution is 2.33. The summed E-state index contributed by atoms with van der Waals surface area (Å²) in [5, 5.41) is 9.17. The molecule has 8 heteroatoms. The molecule has 4 rings (SSSR count). The molecule has 1 N–H and O–H groups in total. The van der Waals surface area contributed by atoms with E-state index in [0.29, 0.717) is 18.4 Å². The van der Waals surface area contributed by atoms with Crippen LogP contribution in [-0.2, 0) is 4.79 Å². The summed E-state index contributed by atoms with van der Waals surface area (Å²) in [6.45, 7) is 9.38. The van der Waals surface area contributed by atoms with Gasteiger partial charge in [-0.1, -0.05) is 25.1 Å². The summed E-state index contributed by atoms with van der Waals surface area (Å²) in [5.41, 5.74) is 0.601. The third-order valence-electron chi connectivity index (χ3n) is 5.91. The molecule has 0 spiro atoms. The third kappa shape index (κ3) is 3.99. The average Bonchev–Trinajstić information content (AvgIpc) is 3.14.